The van der Waals surface area contributed by atoms with Crippen molar-refractivity contribution in [2.24, 2.45) is 5.10 Å². The normalized spacial score (nSPS) is 17.3. The maximum Gasteiger partial charge on any atom is 0.236 e. The minimum absolute atomic E-state index is 0.0167. The van der Waals surface area contributed by atoms with Crippen LogP contribution < -0.4 is 0 Å². The van der Waals surface area contributed by atoms with E-state index in [1.165, 1.54) is 24.1 Å². The summed E-state index contributed by atoms with van der Waals surface area (Å²) in [5.74, 6) is 0.930. The quantitative estimate of drug-likeness (QED) is 0.398. The third-order valence-electron chi connectivity index (χ3n) is 4.76. The van der Waals surface area contributed by atoms with E-state index >= 15 is 0 Å². The zero-order valence-electron chi connectivity index (χ0n) is 16.7. The summed E-state index contributed by atoms with van der Waals surface area (Å²) in [6.07, 6.45) is 10.0. The highest BCUT2D eigenvalue weighted by molar-refractivity contribution is 6.05. The molecular formula is C21H20N6O4. The lowest BCUT2D eigenvalue weighted by Crippen LogP contribution is -2.26. The Balaban J connectivity index is 1.64. The molecule has 2 aromatic rings. The first-order valence-electron chi connectivity index (χ1n) is 9.52. The first-order chi connectivity index (χ1) is 15.1. The highest BCUT2D eigenvalue weighted by Crippen LogP contribution is 2.35. The average molecular weight is 420 g/mol. The number of aliphatic hydroxyl groups excluding tert-OH is 1. The molecule has 2 aliphatic rings. The van der Waals surface area contributed by atoms with E-state index in [1.54, 1.807) is 12.1 Å². The average Bonchev–Trinajstić information content (AvgIpc) is 3.22. The van der Waals surface area contributed by atoms with Gasteiger partial charge in [-0.15, -0.1) is 15.3 Å². The molecule has 1 unspecified atom stereocenters. The molecule has 31 heavy (non-hydrogen) atoms. The summed E-state index contributed by atoms with van der Waals surface area (Å²) in [6.45, 7) is 0.141. The Morgan fingerprint density at radius 3 is 3.00 bits per heavy atom. The van der Waals surface area contributed by atoms with E-state index < -0.39 is 0 Å². The molecule has 2 N–H and O–H groups in total. The summed E-state index contributed by atoms with van der Waals surface area (Å²) in [4.78, 5) is 15.0. The van der Waals surface area contributed by atoms with Gasteiger partial charge in [0.2, 0.25) is 11.7 Å². The largest absolute Gasteiger partial charge is 0.510 e. The van der Waals surface area contributed by atoms with Gasteiger partial charge in [0.15, 0.2) is 12.1 Å². The maximum absolute atomic E-state index is 10.8. The van der Waals surface area contributed by atoms with Crippen molar-refractivity contribution in [2.75, 3.05) is 13.7 Å². The molecule has 10 heteroatoms. The van der Waals surface area contributed by atoms with Gasteiger partial charge in [0.25, 0.3) is 0 Å². The predicted octanol–water partition coefficient (Wildman–Crippen LogP) is 2.30. The fourth-order valence-electron chi connectivity index (χ4n) is 3.28. The van der Waals surface area contributed by atoms with Gasteiger partial charge in [0.1, 0.15) is 24.7 Å². The molecule has 0 aromatic carbocycles. The van der Waals surface area contributed by atoms with Gasteiger partial charge in [-0.1, -0.05) is 18.2 Å². The predicted molar refractivity (Wildman–Crippen MR) is 111 cm³/mol. The van der Waals surface area contributed by atoms with Crippen LogP contribution in [0.25, 0.3) is 0 Å². The van der Waals surface area contributed by atoms with Gasteiger partial charge in [0, 0.05) is 30.5 Å². The number of aromatic nitrogens is 4. The standard InChI is InChI=1S/C21H20N6O4/c1-30-12-15(29)8-18(22)20-25-24-19-16-4-2-3-5-17(16)21(26-27(19)20)31-11-14-7-6-13(10-28)9-23-14/h2-3,5-10,16,22,29H,4,11-12H2,1H3/b15-8-,22-18?. The first-order valence-corrected chi connectivity index (χ1v) is 9.52. The third kappa shape index (κ3) is 4.19. The number of nitrogens with one attached hydrogen (secondary N) is 1. The molecular weight excluding hydrogens is 400 g/mol. The summed E-state index contributed by atoms with van der Waals surface area (Å²) < 4.78 is 12.3. The fourth-order valence-corrected chi connectivity index (χ4v) is 3.28. The number of aldehydes is 1. The molecule has 1 aliphatic carbocycles. The van der Waals surface area contributed by atoms with Crippen LogP contribution in [0.15, 0.2) is 59.1 Å². The molecule has 0 radical (unpaired) electrons. The number of methoxy groups -OCH3 is 1. The molecule has 0 fully saturated rings. The van der Waals surface area contributed by atoms with E-state index in [-0.39, 0.29) is 36.4 Å². The van der Waals surface area contributed by atoms with E-state index in [0.717, 1.165) is 11.9 Å². The van der Waals surface area contributed by atoms with Crippen molar-refractivity contribution in [1.29, 1.82) is 5.41 Å². The highest BCUT2D eigenvalue weighted by Gasteiger charge is 2.34. The lowest BCUT2D eigenvalue weighted by Gasteiger charge is -2.26. The smallest absolute Gasteiger partial charge is 0.236 e. The zero-order valence-corrected chi connectivity index (χ0v) is 16.7. The molecule has 0 saturated heterocycles. The number of hydrogen-bond donors (Lipinski definition) is 2. The van der Waals surface area contributed by atoms with Crippen LogP contribution >= 0.6 is 0 Å². The topological polar surface area (TPSA) is 136 Å². The Bertz CT molecular complexity index is 1130. The summed E-state index contributed by atoms with van der Waals surface area (Å²) in [5, 5.41) is 31.0. The number of carbonyl (C=O) groups is 1. The molecule has 1 aliphatic heterocycles. The van der Waals surface area contributed by atoms with E-state index in [1.807, 2.05) is 18.2 Å². The minimum Gasteiger partial charge on any atom is -0.510 e. The van der Waals surface area contributed by atoms with Crippen molar-refractivity contribution in [3.8, 4) is 0 Å². The van der Waals surface area contributed by atoms with Crippen molar-refractivity contribution >= 4 is 17.9 Å². The second-order valence-corrected chi connectivity index (χ2v) is 6.91. The molecule has 0 spiro atoms. The molecule has 1 atom stereocenters. The molecule has 3 heterocycles. The van der Waals surface area contributed by atoms with Crippen LogP contribution in [0.3, 0.4) is 0 Å². The minimum atomic E-state index is -0.117. The summed E-state index contributed by atoms with van der Waals surface area (Å²) >= 11 is 0. The Morgan fingerprint density at radius 1 is 1.39 bits per heavy atom. The summed E-state index contributed by atoms with van der Waals surface area (Å²) in [6, 6.07) is 3.39. The molecule has 4 rings (SSSR count). The zero-order chi connectivity index (χ0) is 21.8. The van der Waals surface area contributed by atoms with Crippen molar-refractivity contribution in [1.82, 2.24) is 19.9 Å². The maximum atomic E-state index is 10.8. The Morgan fingerprint density at radius 2 is 2.26 bits per heavy atom. The lowest BCUT2D eigenvalue weighted by atomic mass is 9.89. The number of rotatable bonds is 7. The van der Waals surface area contributed by atoms with Crippen LogP contribution in [0.4, 0.5) is 0 Å². The van der Waals surface area contributed by atoms with Crippen molar-refractivity contribution in [3.63, 3.8) is 0 Å². The molecule has 158 valence electrons. The van der Waals surface area contributed by atoms with Gasteiger partial charge in [-0.05, 0) is 18.6 Å². The highest BCUT2D eigenvalue weighted by atomic mass is 16.5. The van der Waals surface area contributed by atoms with Crippen LogP contribution in [0.2, 0.25) is 0 Å². The van der Waals surface area contributed by atoms with E-state index in [9.17, 15) is 9.90 Å². The monoisotopic (exact) mass is 420 g/mol. The molecule has 0 amide bonds. The van der Waals surface area contributed by atoms with Crippen LogP contribution in [0, 0.1) is 5.41 Å². The van der Waals surface area contributed by atoms with Crippen molar-refractivity contribution in [3.05, 3.63) is 76.9 Å². The molecule has 2 aromatic heterocycles. The van der Waals surface area contributed by atoms with Crippen LogP contribution in [-0.2, 0) is 16.1 Å². The summed E-state index contributed by atoms with van der Waals surface area (Å²) in [7, 11) is 1.45. The number of ether oxygens (including phenoxy) is 2. The van der Waals surface area contributed by atoms with Crippen molar-refractivity contribution in [2.45, 2.75) is 18.9 Å². The second-order valence-electron chi connectivity index (χ2n) is 6.91. The number of carbonyl (C=O) groups excluding carboxylic acids is 1. The van der Waals surface area contributed by atoms with E-state index in [2.05, 4.69) is 20.3 Å². The molecule has 0 bridgehead atoms. The fraction of sp³-hybridized carbons (Fsp3) is 0.238. The molecule has 0 saturated carbocycles. The third-order valence-corrected chi connectivity index (χ3v) is 4.76. The van der Waals surface area contributed by atoms with Crippen LogP contribution in [0.5, 0.6) is 0 Å². The Hall–Kier alpha value is -3.92. The SMILES string of the molecule is COC/C(O)=C/C(=N)c1nnc2n1N=C(OCc1ccc(C=O)cn1)C1=CC=CCC12. The van der Waals surface area contributed by atoms with Gasteiger partial charge >= 0.3 is 0 Å². The van der Waals surface area contributed by atoms with Gasteiger partial charge in [-0.25, -0.2) is 0 Å². The second kappa shape index (κ2) is 8.84. The van der Waals surface area contributed by atoms with Gasteiger partial charge < -0.3 is 14.6 Å². The number of fused-ring (bicyclic) bond motifs is 3. The van der Waals surface area contributed by atoms with Gasteiger partial charge in [-0.2, -0.15) is 4.68 Å². The number of hydrogen-bond acceptors (Lipinski definition) is 9. The lowest BCUT2D eigenvalue weighted by molar-refractivity contribution is 0.112. The Kier molecular flexibility index (Phi) is 5.80. The van der Waals surface area contributed by atoms with E-state index in [0.29, 0.717) is 29.4 Å². The van der Waals surface area contributed by atoms with Gasteiger partial charge in [-0.3, -0.25) is 15.2 Å². The van der Waals surface area contributed by atoms with Gasteiger partial charge in [0.05, 0.1) is 11.6 Å². The number of nitrogens with zero attached hydrogens (tertiary/aromatic N) is 5. The first kappa shape index (κ1) is 20.4. The molecule has 10 nitrogen and oxygen atoms in total. The number of allylic oxidation sites excluding steroid dienone is 4. The van der Waals surface area contributed by atoms with Crippen LogP contribution in [0.1, 0.15) is 40.0 Å². The Labute approximate surface area is 177 Å². The number of pyridine rings is 1. The summed E-state index contributed by atoms with van der Waals surface area (Å²) in [5.41, 5.74) is 1.94. The van der Waals surface area contributed by atoms with Crippen LogP contribution in [-0.4, -0.2) is 56.6 Å². The number of aliphatic hydroxyl groups is 1. The van der Waals surface area contributed by atoms with Crippen molar-refractivity contribution < 1.29 is 19.4 Å². The van der Waals surface area contributed by atoms with E-state index in [4.69, 9.17) is 14.9 Å².